The van der Waals surface area contributed by atoms with Crippen LogP contribution in [0.5, 0.6) is 0 Å². The van der Waals surface area contributed by atoms with Gasteiger partial charge >= 0.3 is 0 Å². The smallest absolute Gasteiger partial charge is 0.257 e. The molecule has 20 heavy (non-hydrogen) atoms. The number of carbonyl (C=O) groups excluding carboxylic acids is 1. The summed E-state index contributed by atoms with van der Waals surface area (Å²) in [6.45, 7) is 2.44. The summed E-state index contributed by atoms with van der Waals surface area (Å²) in [4.78, 5) is 12.2. The van der Waals surface area contributed by atoms with Crippen LogP contribution < -0.4 is 11.1 Å². The van der Waals surface area contributed by atoms with Crippen LogP contribution in [0.4, 0.5) is 11.4 Å². The number of hydrogen-bond donors (Lipinski definition) is 2. The number of nitrogen functional groups attached to an aromatic ring is 1. The molecule has 2 aromatic rings. The van der Waals surface area contributed by atoms with Gasteiger partial charge in [-0.15, -0.1) is 0 Å². The van der Waals surface area contributed by atoms with Gasteiger partial charge in [-0.3, -0.25) is 4.79 Å². The van der Waals surface area contributed by atoms with E-state index in [2.05, 4.69) is 5.32 Å². The highest BCUT2D eigenvalue weighted by molar-refractivity contribution is 6.07. The minimum absolute atomic E-state index is 0.208. The fourth-order valence-electron chi connectivity index (χ4n) is 1.97. The fraction of sp³-hybridized carbons (Fsp3) is 0.188. The highest BCUT2D eigenvalue weighted by Crippen LogP contribution is 2.17. The molecule has 0 saturated heterocycles. The highest BCUT2D eigenvalue weighted by Gasteiger charge is 2.10. The first-order valence-corrected chi connectivity index (χ1v) is 6.35. The van der Waals surface area contributed by atoms with Crippen LogP contribution in [0.1, 0.15) is 21.5 Å². The molecule has 1 amide bonds. The Morgan fingerprint density at radius 1 is 1.25 bits per heavy atom. The van der Waals surface area contributed by atoms with E-state index in [9.17, 15) is 4.79 Å². The van der Waals surface area contributed by atoms with E-state index < -0.39 is 0 Å². The van der Waals surface area contributed by atoms with Crippen molar-refractivity contribution in [2.75, 3.05) is 18.2 Å². The van der Waals surface area contributed by atoms with E-state index in [0.717, 1.165) is 16.8 Å². The summed E-state index contributed by atoms with van der Waals surface area (Å²) < 4.78 is 5.07. The maximum atomic E-state index is 12.2. The number of nitrogens with one attached hydrogen (secondary N) is 1. The molecule has 0 aliphatic carbocycles. The van der Waals surface area contributed by atoms with Crippen molar-refractivity contribution in [3.63, 3.8) is 0 Å². The lowest BCUT2D eigenvalue weighted by atomic mass is 10.1. The van der Waals surface area contributed by atoms with Crippen molar-refractivity contribution in [3.8, 4) is 0 Å². The molecular weight excluding hydrogens is 252 g/mol. The summed E-state index contributed by atoms with van der Waals surface area (Å²) in [6.07, 6.45) is 0. The molecule has 3 N–H and O–H groups in total. The number of rotatable bonds is 4. The van der Waals surface area contributed by atoms with Gasteiger partial charge in [0.2, 0.25) is 0 Å². The Balaban J connectivity index is 2.19. The fourth-order valence-corrected chi connectivity index (χ4v) is 1.97. The van der Waals surface area contributed by atoms with Crippen LogP contribution in [0.15, 0.2) is 42.5 Å². The first-order chi connectivity index (χ1) is 9.60. The average Bonchev–Trinajstić information content (AvgIpc) is 2.42. The summed E-state index contributed by atoms with van der Waals surface area (Å²) in [6, 6.07) is 12.9. The van der Waals surface area contributed by atoms with Gasteiger partial charge in [0.1, 0.15) is 0 Å². The largest absolute Gasteiger partial charge is 0.398 e. The summed E-state index contributed by atoms with van der Waals surface area (Å²) in [7, 11) is 1.64. The summed E-state index contributed by atoms with van der Waals surface area (Å²) in [5, 5.41) is 2.85. The standard InChI is InChI=1S/C16H18N2O2/c1-11-6-7-15(17)14(8-11)16(19)18-13-5-3-4-12(9-13)10-20-2/h3-9H,10,17H2,1-2H3,(H,18,19). The lowest BCUT2D eigenvalue weighted by molar-refractivity contribution is 0.102. The molecule has 0 radical (unpaired) electrons. The molecule has 0 unspecified atom stereocenters. The van der Waals surface area contributed by atoms with Gasteiger partial charge in [-0.25, -0.2) is 0 Å². The highest BCUT2D eigenvalue weighted by atomic mass is 16.5. The van der Waals surface area contributed by atoms with Crippen LogP contribution in [-0.4, -0.2) is 13.0 Å². The first kappa shape index (κ1) is 14.1. The van der Waals surface area contributed by atoms with Crippen molar-refractivity contribution in [2.24, 2.45) is 0 Å². The predicted octanol–water partition coefficient (Wildman–Crippen LogP) is 2.98. The molecule has 0 fully saturated rings. The van der Waals surface area contributed by atoms with Gasteiger partial charge in [-0.05, 0) is 36.8 Å². The molecule has 0 heterocycles. The van der Waals surface area contributed by atoms with Crippen molar-refractivity contribution in [1.29, 1.82) is 0 Å². The average molecular weight is 270 g/mol. The first-order valence-electron chi connectivity index (χ1n) is 6.35. The lowest BCUT2D eigenvalue weighted by Crippen LogP contribution is -2.14. The monoisotopic (exact) mass is 270 g/mol. The van der Waals surface area contributed by atoms with Gasteiger partial charge in [0.15, 0.2) is 0 Å². The number of benzene rings is 2. The molecule has 2 rings (SSSR count). The van der Waals surface area contributed by atoms with Gasteiger partial charge in [-0.2, -0.15) is 0 Å². The van der Waals surface area contributed by atoms with E-state index in [1.165, 1.54) is 0 Å². The molecule has 104 valence electrons. The molecule has 2 aromatic carbocycles. The van der Waals surface area contributed by atoms with Crippen LogP contribution in [0.3, 0.4) is 0 Å². The number of ether oxygens (including phenoxy) is 1. The van der Waals surface area contributed by atoms with E-state index in [-0.39, 0.29) is 5.91 Å². The van der Waals surface area contributed by atoms with Crippen LogP contribution in [0.25, 0.3) is 0 Å². The quantitative estimate of drug-likeness (QED) is 0.839. The molecule has 4 heteroatoms. The number of anilines is 2. The lowest BCUT2D eigenvalue weighted by Gasteiger charge is -2.09. The second kappa shape index (κ2) is 6.21. The van der Waals surface area contributed by atoms with Gasteiger partial charge in [-0.1, -0.05) is 23.8 Å². The Morgan fingerprint density at radius 2 is 2.05 bits per heavy atom. The third-order valence-corrected chi connectivity index (χ3v) is 2.95. The Kier molecular flexibility index (Phi) is 4.38. The number of hydrogen-bond acceptors (Lipinski definition) is 3. The van der Waals surface area contributed by atoms with E-state index in [0.29, 0.717) is 17.9 Å². The van der Waals surface area contributed by atoms with Gasteiger partial charge in [0, 0.05) is 18.5 Å². The zero-order valence-corrected chi connectivity index (χ0v) is 11.6. The van der Waals surface area contributed by atoms with Gasteiger partial charge in [0.05, 0.1) is 12.2 Å². The molecule has 0 aromatic heterocycles. The van der Waals surface area contributed by atoms with Gasteiger partial charge in [0.25, 0.3) is 5.91 Å². The third kappa shape index (κ3) is 3.36. The summed E-state index contributed by atoms with van der Waals surface area (Å²) in [5.41, 5.74) is 9.53. The third-order valence-electron chi connectivity index (χ3n) is 2.95. The van der Waals surface area contributed by atoms with E-state index >= 15 is 0 Å². The normalized spacial score (nSPS) is 10.3. The molecule has 0 saturated carbocycles. The maximum Gasteiger partial charge on any atom is 0.257 e. The van der Waals surface area contributed by atoms with Crippen LogP contribution in [-0.2, 0) is 11.3 Å². The second-order valence-electron chi connectivity index (χ2n) is 4.68. The number of aryl methyl sites for hydroxylation is 1. The minimum atomic E-state index is -0.208. The Hall–Kier alpha value is -2.33. The predicted molar refractivity (Wildman–Crippen MR) is 80.7 cm³/mol. The summed E-state index contributed by atoms with van der Waals surface area (Å²) >= 11 is 0. The second-order valence-corrected chi connectivity index (χ2v) is 4.68. The van der Waals surface area contributed by atoms with Crippen molar-refractivity contribution in [3.05, 3.63) is 59.2 Å². The number of amides is 1. The Bertz CT molecular complexity index is 624. The van der Waals surface area contributed by atoms with Crippen molar-refractivity contribution >= 4 is 17.3 Å². The molecule has 0 aliphatic rings. The molecule has 0 bridgehead atoms. The van der Waals surface area contributed by atoms with Crippen molar-refractivity contribution < 1.29 is 9.53 Å². The zero-order valence-electron chi connectivity index (χ0n) is 11.6. The minimum Gasteiger partial charge on any atom is -0.398 e. The van der Waals surface area contributed by atoms with Crippen LogP contribution in [0.2, 0.25) is 0 Å². The number of methoxy groups -OCH3 is 1. The maximum absolute atomic E-state index is 12.2. The van der Waals surface area contributed by atoms with E-state index in [1.54, 1.807) is 19.2 Å². The topological polar surface area (TPSA) is 64.3 Å². The Morgan fingerprint density at radius 3 is 2.80 bits per heavy atom. The molecule has 0 aliphatic heterocycles. The molecule has 0 spiro atoms. The van der Waals surface area contributed by atoms with Crippen molar-refractivity contribution in [2.45, 2.75) is 13.5 Å². The molecule has 4 nitrogen and oxygen atoms in total. The van der Waals surface area contributed by atoms with Gasteiger partial charge < -0.3 is 15.8 Å². The van der Waals surface area contributed by atoms with Crippen LogP contribution in [0, 0.1) is 6.92 Å². The Labute approximate surface area is 118 Å². The van der Waals surface area contributed by atoms with Crippen LogP contribution >= 0.6 is 0 Å². The molecule has 0 atom stereocenters. The number of nitrogens with two attached hydrogens (primary N) is 1. The van der Waals surface area contributed by atoms with E-state index in [4.69, 9.17) is 10.5 Å². The molecular formula is C16H18N2O2. The van der Waals surface area contributed by atoms with Crippen molar-refractivity contribution in [1.82, 2.24) is 0 Å². The summed E-state index contributed by atoms with van der Waals surface area (Å²) in [5.74, 6) is -0.208. The zero-order chi connectivity index (χ0) is 14.5. The number of carbonyl (C=O) groups is 1. The SMILES string of the molecule is COCc1cccc(NC(=O)c2cc(C)ccc2N)c1. The van der Waals surface area contributed by atoms with E-state index in [1.807, 2.05) is 37.3 Å².